The number of amides is 1. The smallest absolute Gasteiger partial charge is 0.257 e. The first-order chi connectivity index (χ1) is 9.17. The van der Waals surface area contributed by atoms with Gasteiger partial charge in [-0.3, -0.25) is 4.79 Å². The van der Waals surface area contributed by atoms with E-state index in [-0.39, 0.29) is 11.9 Å². The van der Waals surface area contributed by atoms with Crippen molar-refractivity contribution in [3.8, 4) is 5.75 Å². The number of hydrogen-bond acceptors (Lipinski definition) is 2. The molecule has 1 heterocycles. The van der Waals surface area contributed by atoms with Gasteiger partial charge < -0.3 is 9.64 Å². The van der Waals surface area contributed by atoms with Crippen molar-refractivity contribution >= 4 is 33.4 Å². The van der Waals surface area contributed by atoms with E-state index in [4.69, 9.17) is 16.3 Å². The predicted molar refractivity (Wildman–Crippen MR) is 80.5 cm³/mol. The molecule has 1 aromatic rings. The normalized spacial score (nSPS) is 19.3. The highest BCUT2D eigenvalue weighted by Crippen LogP contribution is 2.27. The lowest BCUT2D eigenvalue weighted by Crippen LogP contribution is -2.44. The molecule has 0 bridgehead atoms. The summed E-state index contributed by atoms with van der Waals surface area (Å²) in [6.45, 7) is 0.796. The highest BCUT2D eigenvalue weighted by molar-refractivity contribution is 9.09. The Labute approximate surface area is 127 Å². The molecule has 0 radical (unpaired) electrons. The number of methoxy groups -OCH3 is 1. The average Bonchev–Trinajstić information content (AvgIpc) is 2.46. The number of hydrogen-bond donors (Lipinski definition) is 0. The van der Waals surface area contributed by atoms with Gasteiger partial charge in [0, 0.05) is 22.9 Å². The van der Waals surface area contributed by atoms with E-state index in [2.05, 4.69) is 15.9 Å². The lowest BCUT2D eigenvalue weighted by Gasteiger charge is -2.35. The maximum atomic E-state index is 12.7. The molecule has 104 valence electrons. The van der Waals surface area contributed by atoms with Gasteiger partial charge in [0.05, 0.1) is 12.7 Å². The molecule has 19 heavy (non-hydrogen) atoms. The van der Waals surface area contributed by atoms with Crippen molar-refractivity contribution in [3.63, 3.8) is 0 Å². The van der Waals surface area contributed by atoms with E-state index < -0.39 is 0 Å². The van der Waals surface area contributed by atoms with Crippen LogP contribution in [0.15, 0.2) is 18.2 Å². The monoisotopic (exact) mass is 345 g/mol. The van der Waals surface area contributed by atoms with E-state index in [1.807, 2.05) is 4.90 Å². The maximum Gasteiger partial charge on any atom is 0.257 e. The summed E-state index contributed by atoms with van der Waals surface area (Å²) in [6, 6.07) is 5.41. The zero-order chi connectivity index (χ0) is 13.8. The van der Waals surface area contributed by atoms with Gasteiger partial charge in [-0.25, -0.2) is 0 Å². The van der Waals surface area contributed by atoms with Crippen molar-refractivity contribution in [2.24, 2.45) is 0 Å². The summed E-state index contributed by atoms with van der Waals surface area (Å²) in [5.41, 5.74) is 0.544. The van der Waals surface area contributed by atoms with Gasteiger partial charge in [0.2, 0.25) is 0 Å². The van der Waals surface area contributed by atoms with Gasteiger partial charge in [-0.1, -0.05) is 27.5 Å². The highest BCUT2D eigenvalue weighted by Gasteiger charge is 2.28. The minimum absolute atomic E-state index is 0.00324. The van der Waals surface area contributed by atoms with Crippen molar-refractivity contribution < 1.29 is 9.53 Å². The summed E-state index contributed by atoms with van der Waals surface area (Å²) >= 11 is 9.48. The van der Waals surface area contributed by atoms with Gasteiger partial charge >= 0.3 is 0 Å². The summed E-state index contributed by atoms with van der Waals surface area (Å²) in [5, 5.41) is 1.36. The molecule has 3 nitrogen and oxygen atoms in total. The molecule has 5 heteroatoms. The molecular weight excluding hydrogens is 330 g/mol. The SMILES string of the molecule is COc1ccc(Cl)cc1C(=O)N1CCCCC1CBr. The van der Waals surface area contributed by atoms with E-state index in [1.165, 1.54) is 6.42 Å². The molecule has 1 amide bonds. The predicted octanol–water partition coefficient (Wildman–Crippen LogP) is 3.74. The van der Waals surface area contributed by atoms with Gasteiger partial charge in [-0.2, -0.15) is 0 Å². The Bertz CT molecular complexity index is 467. The second kappa shape index (κ2) is 6.62. The van der Waals surface area contributed by atoms with Gasteiger partial charge in [-0.15, -0.1) is 0 Å². The molecule has 2 rings (SSSR count). The Morgan fingerprint density at radius 1 is 1.53 bits per heavy atom. The number of likely N-dealkylation sites (tertiary alicyclic amines) is 1. The van der Waals surface area contributed by atoms with Crippen LogP contribution in [-0.2, 0) is 0 Å². The lowest BCUT2D eigenvalue weighted by atomic mass is 10.0. The Hall–Kier alpha value is -0.740. The van der Waals surface area contributed by atoms with E-state index in [0.29, 0.717) is 16.3 Å². The number of nitrogens with zero attached hydrogens (tertiary/aromatic N) is 1. The fourth-order valence-corrected chi connectivity index (χ4v) is 3.28. The first-order valence-electron chi connectivity index (χ1n) is 6.38. The summed E-state index contributed by atoms with van der Waals surface area (Å²) in [7, 11) is 1.57. The third-order valence-electron chi connectivity index (χ3n) is 3.46. The maximum absolute atomic E-state index is 12.7. The number of halogens is 2. The highest BCUT2D eigenvalue weighted by atomic mass is 79.9. The Morgan fingerprint density at radius 2 is 2.32 bits per heavy atom. The topological polar surface area (TPSA) is 29.5 Å². The van der Waals surface area contributed by atoms with Crippen LogP contribution in [-0.4, -0.2) is 35.8 Å². The molecule has 1 fully saturated rings. The number of alkyl halides is 1. The van der Waals surface area contributed by atoms with Crippen LogP contribution in [0, 0.1) is 0 Å². The fraction of sp³-hybridized carbons (Fsp3) is 0.500. The third-order valence-corrected chi connectivity index (χ3v) is 4.44. The van der Waals surface area contributed by atoms with Gasteiger partial charge in [-0.05, 0) is 37.5 Å². The van der Waals surface area contributed by atoms with E-state index >= 15 is 0 Å². The summed E-state index contributed by atoms with van der Waals surface area (Å²) < 4.78 is 5.26. The van der Waals surface area contributed by atoms with Crippen LogP contribution >= 0.6 is 27.5 Å². The molecule has 0 aliphatic carbocycles. The largest absolute Gasteiger partial charge is 0.496 e. The van der Waals surface area contributed by atoms with Crippen molar-refractivity contribution in [1.29, 1.82) is 0 Å². The van der Waals surface area contributed by atoms with Crippen molar-refractivity contribution in [1.82, 2.24) is 4.90 Å². The Kier molecular flexibility index (Phi) is 5.11. The first-order valence-corrected chi connectivity index (χ1v) is 7.87. The standard InChI is InChI=1S/C14H17BrClNO2/c1-19-13-6-5-10(16)8-12(13)14(18)17-7-3-2-4-11(17)9-15/h5-6,8,11H,2-4,7,9H2,1H3. The van der Waals surface area contributed by atoms with Gasteiger partial charge in [0.15, 0.2) is 0 Å². The number of benzene rings is 1. The number of ether oxygens (including phenoxy) is 1. The van der Waals surface area contributed by atoms with Crippen LogP contribution < -0.4 is 4.74 Å². The third kappa shape index (κ3) is 3.23. The van der Waals surface area contributed by atoms with E-state index in [9.17, 15) is 4.79 Å². The summed E-state index contributed by atoms with van der Waals surface area (Å²) in [5.74, 6) is 0.580. The zero-order valence-corrected chi connectivity index (χ0v) is 13.2. The first kappa shape index (κ1) is 14.7. The minimum Gasteiger partial charge on any atom is -0.496 e. The van der Waals surface area contributed by atoms with E-state index in [0.717, 1.165) is 24.7 Å². The molecule has 0 spiro atoms. The van der Waals surface area contributed by atoms with Crippen molar-refractivity contribution in [3.05, 3.63) is 28.8 Å². The molecule has 1 aliphatic rings. The second-order valence-electron chi connectivity index (χ2n) is 4.65. The number of carbonyl (C=O) groups is 1. The molecule has 1 atom stereocenters. The lowest BCUT2D eigenvalue weighted by molar-refractivity contribution is 0.0638. The van der Waals surface area contributed by atoms with E-state index in [1.54, 1.807) is 25.3 Å². The molecule has 0 aromatic heterocycles. The van der Waals surface area contributed by atoms with Crippen LogP contribution in [0.3, 0.4) is 0 Å². The number of carbonyl (C=O) groups excluding carboxylic acids is 1. The molecule has 1 aromatic carbocycles. The Morgan fingerprint density at radius 3 is 3.00 bits per heavy atom. The minimum atomic E-state index is 0.00324. The van der Waals surface area contributed by atoms with Crippen LogP contribution in [0.5, 0.6) is 5.75 Å². The second-order valence-corrected chi connectivity index (χ2v) is 5.73. The van der Waals surface area contributed by atoms with Crippen LogP contribution in [0.2, 0.25) is 5.02 Å². The summed E-state index contributed by atoms with van der Waals surface area (Å²) in [4.78, 5) is 14.6. The average molecular weight is 347 g/mol. The van der Waals surface area contributed by atoms with Crippen LogP contribution in [0.25, 0.3) is 0 Å². The number of rotatable bonds is 3. The van der Waals surface area contributed by atoms with Gasteiger partial charge in [0.25, 0.3) is 5.91 Å². The summed E-state index contributed by atoms with van der Waals surface area (Å²) in [6.07, 6.45) is 3.27. The molecule has 0 N–H and O–H groups in total. The molecule has 1 unspecified atom stereocenters. The molecule has 1 aliphatic heterocycles. The van der Waals surface area contributed by atoms with Crippen molar-refractivity contribution in [2.45, 2.75) is 25.3 Å². The number of piperidine rings is 1. The van der Waals surface area contributed by atoms with Gasteiger partial charge in [0.1, 0.15) is 5.75 Å². The Balaban J connectivity index is 2.29. The molecule has 1 saturated heterocycles. The fourth-order valence-electron chi connectivity index (χ4n) is 2.43. The molecular formula is C14H17BrClNO2. The van der Waals surface area contributed by atoms with Crippen molar-refractivity contribution in [2.75, 3.05) is 19.0 Å². The van der Waals surface area contributed by atoms with Crippen LogP contribution in [0.1, 0.15) is 29.6 Å². The molecule has 0 saturated carbocycles. The van der Waals surface area contributed by atoms with Crippen LogP contribution in [0.4, 0.5) is 0 Å². The quantitative estimate of drug-likeness (QED) is 0.780. The zero-order valence-electron chi connectivity index (χ0n) is 10.9.